The van der Waals surface area contributed by atoms with E-state index < -0.39 is 6.04 Å². The van der Waals surface area contributed by atoms with Crippen molar-refractivity contribution in [3.8, 4) is 11.5 Å². The van der Waals surface area contributed by atoms with Gasteiger partial charge in [-0.3, -0.25) is 4.79 Å². The summed E-state index contributed by atoms with van der Waals surface area (Å²) in [6.07, 6.45) is 1.34. The molecule has 0 aliphatic rings. The minimum absolute atomic E-state index is 0.118. The summed E-state index contributed by atoms with van der Waals surface area (Å²) in [6, 6.07) is 16.6. The molecule has 0 aliphatic carbocycles. The second-order valence-electron chi connectivity index (χ2n) is 5.75. The predicted molar refractivity (Wildman–Crippen MR) is 95.8 cm³/mol. The Bertz CT molecular complexity index is 629. The summed E-state index contributed by atoms with van der Waals surface area (Å²) in [5.74, 6) is 1.39. The molecule has 0 bridgehead atoms. The van der Waals surface area contributed by atoms with Crippen LogP contribution in [0.2, 0.25) is 0 Å². The molecule has 2 aromatic rings. The summed E-state index contributed by atoms with van der Waals surface area (Å²) >= 11 is 0. The van der Waals surface area contributed by atoms with Gasteiger partial charge in [0.05, 0.1) is 12.1 Å². The summed E-state index contributed by atoms with van der Waals surface area (Å²) in [7, 11) is 0. The van der Waals surface area contributed by atoms with Crippen LogP contribution in [0.5, 0.6) is 11.5 Å². The Morgan fingerprint density at radius 3 is 2.33 bits per heavy atom. The standard InChI is InChI=1S/C19H25N3O2/c1-14(22-19(23)18(21)8-5-13-20)15-9-11-17(12-10-15)24-16-6-3-2-4-7-16/h2-4,6-7,9-12,14,18H,5,8,13,20-21H2,1H3,(H,22,23). The Kier molecular flexibility index (Phi) is 6.78. The van der Waals surface area contributed by atoms with E-state index in [1.54, 1.807) is 0 Å². The van der Waals surface area contributed by atoms with Crippen LogP contribution in [0.1, 0.15) is 31.4 Å². The molecule has 0 aliphatic heterocycles. The van der Waals surface area contributed by atoms with Gasteiger partial charge in [0.25, 0.3) is 0 Å². The van der Waals surface area contributed by atoms with E-state index in [0.29, 0.717) is 13.0 Å². The van der Waals surface area contributed by atoms with Crippen molar-refractivity contribution in [2.45, 2.75) is 31.8 Å². The molecule has 5 nitrogen and oxygen atoms in total. The maximum atomic E-state index is 12.0. The van der Waals surface area contributed by atoms with Gasteiger partial charge in [-0.2, -0.15) is 0 Å². The summed E-state index contributed by atoms with van der Waals surface area (Å²) in [4.78, 5) is 12.0. The summed E-state index contributed by atoms with van der Waals surface area (Å²) < 4.78 is 5.76. The van der Waals surface area contributed by atoms with Crippen LogP contribution in [0.4, 0.5) is 0 Å². The second-order valence-corrected chi connectivity index (χ2v) is 5.75. The number of carbonyl (C=O) groups is 1. The van der Waals surface area contributed by atoms with Gasteiger partial charge in [0.15, 0.2) is 0 Å². The predicted octanol–water partition coefficient (Wildman–Crippen LogP) is 2.72. The van der Waals surface area contributed by atoms with E-state index in [1.165, 1.54) is 0 Å². The number of amides is 1. The molecule has 2 atom stereocenters. The van der Waals surface area contributed by atoms with Crippen LogP contribution in [0.25, 0.3) is 0 Å². The van der Waals surface area contributed by atoms with Gasteiger partial charge in [-0.05, 0) is 56.1 Å². The number of nitrogens with one attached hydrogen (secondary N) is 1. The van der Waals surface area contributed by atoms with Gasteiger partial charge >= 0.3 is 0 Å². The Hall–Kier alpha value is -2.37. The van der Waals surface area contributed by atoms with E-state index in [2.05, 4.69) is 5.32 Å². The molecule has 0 aromatic heterocycles. The number of nitrogens with two attached hydrogens (primary N) is 2. The highest BCUT2D eigenvalue weighted by molar-refractivity contribution is 5.81. The SMILES string of the molecule is CC(NC(=O)C(N)CCCN)c1ccc(Oc2ccccc2)cc1. The van der Waals surface area contributed by atoms with Gasteiger partial charge in [-0.1, -0.05) is 30.3 Å². The third kappa shape index (κ3) is 5.37. The van der Waals surface area contributed by atoms with Crippen LogP contribution in [0.3, 0.4) is 0 Å². The van der Waals surface area contributed by atoms with E-state index in [1.807, 2.05) is 61.5 Å². The number of rotatable bonds is 8. The molecule has 5 N–H and O–H groups in total. The Labute approximate surface area is 143 Å². The zero-order valence-corrected chi connectivity index (χ0v) is 13.9. The first-order chi connectivity index (χ1) is 11.6. The molecule has 0 fully saturated rings. The molecule has 2 unspecified atom stereocenters. The molecular formula is C19H25N3O2. The lowest BCUT2D eigenvalue weighted by Gasteiger charge is -2.18. The highest BCUT2D eigenvalue weighted by Gasteiger charge is 2.16. The Morgan fingerprint density at radius 1 is 1.08 bits per heavy atom. The van der Waals surface area contributed by atoms with Crippen LogP contribution >= 0.6 is 0 Å². The highest BCUT2D eigenvalue weighted by Crippen LogP contribution is 2.23. The first kappa shape index (κ1) is 18.0. The Morgan fingerprint density at radius 2 is 1.71 bits per heavy atom. The molecule has 2 aromatic carbocycles. The number of para-hydroxylation sites is 1. The number of benzene rings is 2. The molecule has 0 saturated heterocycles. The highest BCUT2D eigenvalue weighted by atomic mass is 16.5. The van der Waals surface area contributed by atoms with Crippen molar-refractivity contribution < 1.29 is 9.53 Å². The maximum absolute atomic E-state index is 12.0. The van der Waals surface area contributed by atoms with Gasteiger partial charge in [0, 0.05) is 0 Å². The van der Waals surface area contributed by atoms with Gasteiger partial charge in [-0.25, -0.2) is 0 Å². The number of hydrogen-bond donors (Lipinski definition) is 3. The van der Waals surface area contributed by atoms with Crippen molar-refractivity contribution in [3.63, 3.8) is 0 Å². The molecule has 1 amide bonds. The smallest absolute Gasteiger partial charge is 0.237 e. The molecule has 0 spiro atoms. The van der Waals surface area contributed by atoms with Gasteiger partial charge in [-0.15, -0.1) is 0 Å². The average Bonchev–Trinajstić information content (AvgIpc) is 2.61. The normalized spacial score (nSPS) is 13.1. The van der Waals surface area contributed by atoms with Gasteiger partial charge in [0.2, 0.25) is 5.91 Å². The molecule has 128 valence electrons. The first-order valence-corrected chi connectivity index (χ1v) is 8.19. The summed E-state index contributed by atoms with van der Waals surface area (Å²) in [5.41, 5.74) is 12.3. The van der Waals surface area contributed by atoms with E-state index >= 15 is 0 Å². The van der Waals surface area contributed by atoms with Gasteiger partial charge in [0.1, 0.15) is 11.5 Å². The lowest BCUT2D eigenvalue weighted by Crippen LogP contribution is -2.41. The monoisotopic (exact) mass is 327 g/mol. The number of hydrogen-bond acceptors (Lipinski definition) is 4. The van der Waals surface area contributed by atoms with Crippen molar-refractivity contribution in [3.05, 3.63) is 60.2 Å². The van der Waals surface area contributed by atoms with E-state index in [9.17, 15) is 4.79 Å². The van der Waals surface area contributed by atoms with E-state index in [0.717, 1.165) is 23.5 Å². The van der Waals surface area contributed by atoms with Crippen molar-refractivity contribution >= 4 is 5.91 Å². The van der Waals surface area contributed by atoms with Crippen LogP contribution in [-0.2, 0) is 4.79 Å². The summed E-state index contributed by atoms with van der Waals surface area (Å²) in [6.45, 7) is 2.47. The largest absolute Gasteiger partial charge is 0.457 e. The molecule has 24 heavy (non-hydrogen) atoms. The average molecular weight is 327 g/mol. The van der Waals surface area contributed by atoms with E-state index in [-0.39, 0.29) is 11.9 Å². The number of ether oxygens (including phenoxy) is 1. The zero-order chi connectivity index (χ0) is 17.4. The molecule has 2 rings (SSSR count). The van der Waals surface area contributed by atoms with Crippen LogP contribution in [-0.4, -0.2) is 18.5 Å². The zero-order valence-electron chi connectivity index (χ0n) is 13.9. The molecule has 0 radical (unpaired) electrons. The van der Waals surface area contributed by atoms with Crippen LogP contribution < -0.4 is 21.5 Å². The lowest BCUT2D eigenvalue weighted by molar-refractivity contribution is -0.123. The third-order valence-electron chi connectivity index (χ3n) is 3.77. The minimum atomic E-state index is -0.517. The molecule has 0 heterocycles. The van der Waals surface area contributed by atoms with E-state index in [4.69, 9.17) is 16.2 Å². The van der Waals surface area contributed by atoms with Crippen LogP contribution in [0, 0.1) is 0 Å². The van der Waals surface area contributed by atoms with Crippen LogP contribution in [0.15, 0.2) is 54.6 Å². The quantitative estimate of drug-likeness (QED) is 0.695. The fourth-order valence-electron chi connectivity index (χ4n) is 2.32. The second kappa shape index (κ2) is 9.05. The molecule has 5 heteroatoms. The molecular weight excluding hydrogens is 302 g/mol. The summed E-state index contributed by atoms with van der Waals surface area (Å²) in [5, 5.41) is 2.93. The fraction of sp³-hybridized carbons (Fsp3) is 0.316. The van der Waals surface area contributed by atoms with Crippen molar-refractivity contribution in [1.29, 1.82) is 0 Å². The maximum Gasteiger partial charge on any atom is 0.237 e. The first-order valence-electron chi connectivity index (χ1n) is 8.19. The van der Waals surface area contributed by atoms with Gasteiger partial charge < -0.3 is 21.5 Å². The Balaban J connectivity index is 1.91. The topological polar surface area (TPSA) is 90.4 Å². The van der Waals surface area contributed by atoms with Crippen molar-refractivity contribution in [2.24, 2.45) is 11.5 Å². The van der Waals surface area contributed by atoms with Crippen molar-refractivity contribution in [2.75, 3.05) is 6.54 Å². The third-order valence-corrected chi connectivity index (χ3v) is 3.77. The minimum Gasteiger partial charge on any atom is -0.457 e. The van der Waals surface area contributed by atoms with Crippen molar-refractivity contribution in [1.82, 2.24) is 5.32 Å². The number of carbonyl (C=O) groups excluding carboxylic acids is 1. The fourth-order valence-corrected chi connectivity index (χ4v) is 2.32. The molecule has 0 saturated carbocycles. The lowest BCUT2D eigenvalue weighted by atomic mass is 10.1.